The smallest absolute Gasteiger partial charge is 0.203 e. The molecule has 1 aliphatic heterocycles. The van der Waals surface area contributed by atoms with E-state index < -0.39 is 0 Å². The summed E-state index contributed by atoms with van der Waals surface area (Å²) in [5.41, 5.74) is 6.74. The third kappa shape index (κ3) is 4.31. The van der Waals surface area contributed by atoms with Crippen molar-refractivity contribution in [1.82, 2.24) is 20.1 Å². The van der Waals surface area contributed by atoms with E-state index >= 15 is 0 Å². The number of para-hydroxylation sites is 1. The van der Waals surface area contributed by atoms with Crippen LogP contribution in [0.3, 0.4) is 0 Å². The van der Waals surface area contributed by atoms with Crippen molar-refractivity contribution in [1.29, 1.82) is 0 Å². The van der Waals surface area contributed by atoms with Gasteiger partial charge in [-0.3, -0.25) is 5.32 Å². The van der Waals surface area contributed by atoms with E-state index in [-0.39, 0.29) is 6.17 Å². The number of halogens is 1. The van der Waals surface area contributed by atoms with Crippen LogP contribution >= 0.6 is 11.6 Å². The molecular weight excluding hydrogens is 514 g/mol. The van der Waals surface area contributed by atoms with Gasteiger partial charge in [0.05, 0.1) is 38.1 Å². The molecule has 1 aliphatic rings. The van der Waals surface area contributed by atoms with E-state index in [0.29, 0.717) is 28.8 Å². The first kappa shape index (κ1) is 25.0. The lowest BCUT2D eigenvalue weighted by Crippen LogP contribution is -2.33. The van der Waals surface area contributed by atoms with Crippen LogP contribution in [0.15, 0.2) is 66.7 Å². The Labute approximate surface area is 231 Å². The van der Waals surface area contributed by atoms with E-state index in [9.17, 15) is 0 Å². The highest BCUT2D eigenvalue weighted by Gasteiger charge is 2.29. The Kier molecular flexibility index (Phi) is 6.50. The summed E-state index contributed by atoms with van der Waals surface area (Å²) in [4.78, 5) is 5.15. The summed E-state index contributed by atoms with van der Waals surface area (Å²) in [5.74, 6) is 2.50. The van der Waals surface area contributed by atoms with Gasteiger partial charge in [-0.15, -0.1) is 0 Å². The number of methoxy groups -OCH3 is 3. The number of ether oxygens (including phenoxy) is 3. The quantitative estimate of drug-likeness (QED) is 0.261. The molecule has 0 fully saturated rings. The molecule has 0 saturated carbocycles. The van der Waals surface area contributed by atoms with Crippen molar-refractivity contribution in [3.8, 4) is 34.1 Å². The maximum Gasteiger partial charge on any atom is 0.203 e. The summed E-state index contributed by atoms with van der Waals surface area (Å²) >= 11 is 6.25. The largest absolute Gasteiger partial charge is 0.493 e. The van der Waals surface area contributed by atoms with Crippen LogP contribution in [0.2, 0.25) is 5.02 Å². The first-order valence-electron chi connectivity index (χ1n) is 12.6. The van der Waals surface area contributed by atoms with Crippen molar-refractivity contribution in [2.45, 2.75) is 19.6 Å². The molecule has 0 bridgehead atoms. The van der Waals surface area contributed by atoms with Crippen molar-refractivity contribution in [2.75, 3.05) is 26.6 Å². The van der Waals surface area contributed by atoms with Crippen molar-refractivity contribution in [2.24, 2.45) is 0 Å². The zero-order chi connectivity index (χ0) is 27.1. The summed E-state index contributed by atoms with van der Waals surface area (Å²) in [6.07, 6.45) is -0.247. The molecule has 3 heterocycles. The van der Waals surface area contributed by atoms with Crippen LogP contribution in [0.25, 0.3) is 27.8 Å². The van der Waals surface area contributed by atoms with Gasteiger partial charge in [0.15, 0.2) is 17.1 Å². The summed E-state index contributed by atoms with van der Waals surface area (Å²) in [7, 11) is 4.82. The highest BCUT2D eigenvalue weighted by atomic mass is 35.5. The van der Waals surface area contributed by atoms with Gasteiger partial charge in [0.1, 0.15) is 12.0 Å². The minimum atomic E-state index is -0.247. The number of hydrogen-bond donors (Lipinski definition) is 2. The monoisotopic (exact) mass is 541 g/mol. The third-order valence-electron chi connectivity index (χ3n) is 7.01. The lowest BCUT2D eigenvalue weighted by molar-refractivity contribution is 0.323. The van der Waals surface area contributed by atoms with E-state index in [0.717, 1.165) is 50.5 Å². The molecule has 198 valence electrons. The lowest BCUT2D eigenvalue weighted by atomic mass is 9.95. The van der Waals surface area contributed by atoms with Gasteiger partial charge < -0.3 is 19.5 Å². The predicted octanol–water partition coefficient (Wildman–Crippen LogP) is 6.29. The van der Waals surface area contributed by atoms with Gasteiger partial charge in [-0.2, -0.15) is 5.10 Å². The van der Waals surface area contributed by atoms with Crippen LogP contribution in [0.5, 0.6) is 17.2 Å². The van der Waals surface area contributed by atoms with Crippen LogP contribution in [0, 0.1) is 6.92 Å². The molecule has 3 aromatic carbocycles. The van der Waals surface area contributed by atoms with Crippen molar-refractivity contribution in [3.05, 3.63) is 88.6 Å². The Morgan fingerprint density at radius 1 is 0.923 bits per heavy atom. The number of rotatable bonds is 6. The van der Waals surface area contributed by atoms with Gasteiger partial charge in [-0.25, -0.2) is 9.67 Å². The molecule has 0 spiro atoms. The summed E-state index contributed by atoms with van der Waals surface area (Å²) in [6.45, 7) is 2.61. The minimum Gasteiger partial charge on any atom is -0.493 e. The van der Waals surface area contributed by atoms with Crippen LogP contribution in [-0.4, -0.2) is 36.1 Å². The first-order valence-corrected chi connectivity index (χ1v) is 12.9. The highest BCUT2D eigenvalue weighted by Crippen LogP contribution is 2.43. The second-order valence-corrected chi connectivity index (χ2v) is 9.71. The standard InChI is InChI=1S/C30H28ClN5O3/c1-17-25-26(18-10-12-20(31)13-11-18)22-16-32-28(19-14-23(37-2)27(39-4)24(15-19)38-3)33-29(22)34-30(25)36(35-17)21-8-6-5-7-9-21/h5-15,28,32H,16H2,1-4H3,(H,33,34). The maximum absolute atomic E-state index is 6.25. The molecule has 0 amide bonds. The second kappa shape index (κ2) is 10.1. The number of aromatic nitrogens is 3. The normalized spacial score (nSPS) is 14.5. The Morgan fingerprint density at radius 2 is 1.62 bits per heavy atom. The molecule has 39 heavy (non-hydrogen) atoms. The van der Waals surface area contributed by atoms with Crippen molar-refractivity contribution in [3.63, 3.8) is 0 Å². The molecule has 9 heteroatoms. The average molecular weight is 542 g/mol. The Balaban J connectivity index is 1.54. The minimum absolute atomic E-state index is 0.247. The average Bonchev–Trinajstić information content (AvgIpc) is 3.31. The van der Waals surface area contributed by atoms with Crippen LogP contribution < -0.4 is 24.8 Å². The third-order valence-corrected chi connectivity index (χ3v) is 7.26. The molecule has 6 rings (SSSR count). The first-order chi connectivity index (χ1) is 19.0. The Hall–Kier alpha value is -4.27. The molecular formula is C30H28ClN5O3. The number of fused-ring (bicyclic) bond motifs is 2. The lowest BCUT2D eigenvalue weighted by Gasteiger charge is -2.30. The molecule has 8 nitrogen and oxygen atoms in total. The fourth-order valence-electron chi connectivity index (χ4n) is 5.19. The SMILES string of the molecule is COc1cc(C2NCc3c(nc4c(c(C)nn4-c4ccccc4)c3-c3ccc(Cl)cc3)N2)cc(OC)c1OC. The zero-order valence-electron chi connectivity index (χ0n) is 22.1. The maximum atomic E-state index is 6.25. The molecule has 0 saturated heterocycles. The van der Waals surface area contributed by atoms with Crippen LogP contribution in [0.4, 0.5) is 5.82 Å². The number of nitrogens with one attached hydrogen (secondary N) is 2. The van der Waals surface area contributed by atoms with Crippen molar-refractivity contribution < 1.29 is 14.2 Å². The van der Waals surface area contributed by atoms with Gasteiger partial charge in [0, 0.05) is 22.7 Å². The fraction of sp³-hybridized carbons (Fsp3) is 0.200. The van der Waals surface area contributed by atoms with Crippen LogP contribution in [-0.2, 0) is 6.54 Å². The number of hydrogen-bond acceptors (Lipinski definition) is 7. The summed E-state index contributed by atoms with van der Waals surface area (Å²) in [5, 5.41) is 13.8. The topological polar surface area (TPSA) is 82.5 Å². The fourth-order valence-corrected chi connectivity index (χ4v) is 5.32. The van der Waals surface area contributed by atoms with E-state index in [2.05, 4.69) is 10.6 Å². The molecule has 1 unspecified atom stereocenters. The second-order valence-electron chi connectivity index (χ2n) is 9.27. The molecule has 0 radical (unpaired) electrons. The van der Waals surface area contributed by atoms with Gasteiger partial charge >= 0.3 is 0 Å². The van der Waals surface area contributed by atoms with Gasteiger partial charge in [0.25, 0.3) is 0 Å². The van der Waals surface area contributed by atoms with E-state index in [1.165, 1.54) is 0 Å². The molecule has 2 aromatic heterocycles. The number of pyridine rings is 1. The van der Waals surface area contributed by atoms with Crippen LogP contribution in [0.1, 0.15) is 23.0 Å². The van der Waals surface area contributed by atoms with E-state index in [1.54, 1.807) is 21.3 Å². The van der Waals surface area contributed by atoms with Crippen molar-refractivity contribution >= 4 is 28.5 Å². The van der Waals surface area contributed by atoms with Gasteiger partial charge in [0.2, 0.25) is 5.75 Å². The number of benzene rings is 3. The molecule has 5 aromatic rings. The van der Waals surface area contributed by atoms with E-state index in [1.807, 2.05) is 78.3 Å². The molecule has 0 aliphatic carbocycles. The highest BCUT2D eigenvalue weighted by molar-refractivity contribution is 6.30. The number of anilines is 1. The summed E-state index contributed by atoms with van der Waals surface area (Å²) < 4.78 is 18.6. The van der Waals surface area contributed by atoms with Gasteiger partial charge in [-0.05, 0) is 54.4 Å². The molecule has 1 atom stereocenters. The van der Waals surface area contributed by atoms with Gasteiger partial charge in [-0.1, -0.05) is 41.9 Å². The zero-order valence-corrected chi connectivity index (χ0v) is 22.8. The summed E-state index contributed by atoms with van der Waals surface area (Å²) in [6, 6.07) is 21.8. The predicted molar refractivity (Wildman–Crippen MR) is 153 cm³/mol. The number of aryl methyl sites for hydroxylation is 1. The Bertz CT molecular complexity index is 1640. The molecule has 2 N–H and O–H groups in total. The van der Waals surface area contributed by atoms with E-state index in [4.69, 9.17) is 35.9 Å². The Morgan fingerprint density at radius 3 is 2.26 bits per heavy atom. The number of nitrogens with zero attached hydrogens (tertiary/aromatic N) is 3.